The van der Waals surface area contributed by atoms with Gasteiger partial charge in [0.2, 0.25) is 0 Å². The van der Waals surface area contributed by atoms with Crippen LogP contribution >= 0.6 is 0 Å². The summed E-state index contributed by atoms with van der Waals surface area (Å²) in [4.78, 5) is 14.5. The highest BCUT2D eigenvalue weighted by atomic mass is 16.5. The van der Waals surface area contributed by atoms with Crippen LogP contribution in [-0.2, 0) is 4.74 Å². The van der Waals surface area contributed by atoms with Gasteiger partial charge in [-0.25, -0.2) is 0 Å². The van der Waals surface area contributed by atoms with E-state index in [1.165, 1.54) is 0 Å². The second-order valence-corrected chi connectivity index (χ2v) is 5.00. The molecule has 0 aliphatic heterocycles. The topological polar surface area (TPSA) is 41.6 Å². The largest absolute Gasteiger partial charge is 0.388 e. The van der Waals surface area contributed by atoms with Crippen LogP contribution in [0.5, 0.6) is 0 Å². The van der Waals surface area contributed by atoms with Gasteiger partial charge < -0.3 is 15.0 Å². The van der Waals surface area contributed by atoms with E-state index >= 15 is 0 Å². The van der Waals surface area contributed by atoms with Crippen LogP contribution in [0.2, 0.25) is 0 Å². The van der Waals surface area contributed by atoms with Crippen molar-refractivity contribution in [1.29, 1.82) is 0 Å². The fourth-order valence-corrected chi connectivity index (χ4v) is 2.27. The first-order valence-electron chi connectivity index (χ1n) is 6.75. The van der Waals surface area contributed by atoms with Gasteiger partial charge in [-0.1, -0.05) is 0 Å². The van der Waals surface area contributed by atoms with E-state index in [9.17, 15) is 4.79 Å². The Morgan fingerprint density at radius 1 is 1.47 bits per heavy atom. The summed E-state index contributed by atoms with van der Waals surface area (Å²) in [6.07, 6.45) is 2.23. The van der Waals surface area contributed by atoms with Gasteiger partial charge in [0.25, 0.3) is 5.91 Å². The number of carbonyl (C=O) groups is 1. The molecule has 0 saturated heterocycles. The van der Waals surface area contributed by atoms with Crippen molar-refractivity contribution in [3.63, 3.8) is 0 Å². The first-order valence-corrected chi connectivity index (χ1v) is 6.75. The highest BCUT2D eigenvalue weighted by Crippen LogP contribution is 2.28. The fraction of sp³-hybridized carbons (Fsp3) is 0.533. The number of nitrogens with zero attached hydrogens (tertiary/aromatic N) is 1. The van der Waals surface area contributed by atoms with Gasteiger partial charge in [0.1, 0.15) is 0 Å². The summed E-state index contributed by atoms with van der Waals surface area (Å²) in [6.45, 7) is 3.28. The Labute approximate surface area is 114 Å². The minimum absolute atomic E-state index is 0.116. The van der Waals surface area contributed by atoms with E-state index in [0.717, 1.165) is 29.7 Å². The van der Waals surface area contributed by atoms with Crippen LogP contribution in [0.4, 0.5) is 5.69 Å². The Morgan fingerprint density at radius 2 is 2.21 bits per heavy atom. The van der Waals surface area contributed by atoms with Gasteiger partial charge in [-0.3, -0.25) is 4.79 Å². The summed E-state index contributed by atoms with van der Waals surface area (Å²) < 4.78 is 5.09. The second kappa shape index (κ2) is 6.06. The molecule has 0 spiro atoms. The zero-order chi connectivity index (χ0) is 13.8. The number of nitrogens with one attached hydrogen (secondary N) is 1. The molecule has 1 amide bonds. The zero-order valence-corrected chi connectivity index (χ0v) is 11.9. The molecule has 104 valence electrons. The van der Waals surface area contributed by atoms with E-state index in [0.29, 0.717) is 19.2 Å². The van der Waals surface area contributed by atoms with Crippen molar-refractivity contribution in [2.45, 2.75) is 25.8 Å². The summed E-state index contributed by atoms with van der Waals surface area (Å²) in [5, 5.41) is 3.12. The molecule has 1 fully saturated rings. The minimum atomic E-state index is 0.116. The van der Waals surface area contributed by atoms with Crippen molar-refractivity contribution in [2.24, 2.45) is 0 Å². The molecule has 19 heavy (non-hydrogen) atoms. The number of hydrogen-bond donors (Lipinski definition) is 1. The van der Waals surface area contributed by atoms with Crippen LogP contribution in [-0.4, -0.2) is 44.2 Å². The molecule has 0 heterocycles. The van der Waals surface area contributed by atoms with Crippen LogP contribution in [0.15, 0.2) is 18.2 Å². The number of ether oxygens (including phenoxy) is 1. The third kappa shape index (κ3) is 3.26. The Morgan fingerprint density at radius 3 is 2.74 bits per heavy atom. The summed E-state index contributed by atoms with van der Waals surface area (Å²) >= 11 is 0. The van der Waals surface area contributed by atoms with Crippen molar-refractivity contribution in [2.75, 3.05) is 32.6 Å². The van der Waals surface area contributed by atoms with Gasteiger partial charge in [0, 0.05) is 38.0 Å². The van der Waals surface area contributed by atoms with Crippen molar-refractivity contribution in [1.82, 2.24) is 4.90 Å². The fourth-order valence-electron chi connectivity index (χ4n) is 2.27. The van der Waals surface area contributed by atoms with Crippen LogP contribution in [0.1, 0.15) is 28.8 Å². The predicted octanol–water partition coefficient (Wildman–Crippen LogP) is 2.29. The highest BCUT2D eigenvalue weighted by Gasteiger charge is 2.32. The number of amides is 1. The zero-order valence-electron chi connectivity index (χ0n) is 11.9. The molecule has 0 atom stereocenters. The van der Waals surface area contributed by atoms with Gasteiger partial charge in [0.15, 0.2) is 0 Å². The quantitative estimate of drug-likeness (QED) is 0.855. The molecular formula is C15H22N2O2. The Hall–Kier alpha value is -1.55. The number of anilines is 1. The molecule has 1 saturated carbocycles. The molecule has 0 radical (unpaired) electrons. The van der Waals surface area contributed by atoms with E-state index in [2.05, 4.69) is 5.32 Å². The van der Waals surface area contributed by atoms with Crippen molar-refractivity contribution < 1.29 is 9.53 Å². The molecule has 0 unspecified atom stereocenters. The lowest BCUT2D eigenvalue weighted by Gasteiger charge is -2.22. The number of rotatable bonds is 6. The predicted molar refractivity (Wildman–Crippen MR) is 76.7 cm³/mol. The van der Waals surface area contributed by atoms with Crippen molar-refractivity contribution in [3.8, 4) is 0 Å². The number of hydrogen-bond acceptors (Lipinski definition) is 3. The number of carbonyl (C=O) groups excluding carboxylic acids is 1. The number of methoxy groups -OCH3 is 1. The molecule has 0 bridgehead atoms. The van der Waals surface area contributed by atoms with Gasteiger partial charge in [-0.05, 0) is 43.5 Å². The minimum Gasteiger partial charge on any atom is -0.388 e. The van der Waals surface area contributed by atoms with E-state index in [4.69, 9.17) is 4.74 Å². The third-order valence-corrected chi connectivity index (χ3v) is 3.53. The third-order valence-electron chi connectivity index (χ3n) is 3.53. The molecule has 0 aromatic heterocycles. The van der Waals surface area contributed by atoms with Gasteiger partial charge in [-0.15, -0.1) is 0 Å². The van der Waals surface area contributed by atoms with E-state index in [1.54, 1.807) is 7.11 Å². The van der Waals surface area contributed by atoms with Crippen LogP contribution in [0.25, 0.3) is 0 Å². The molecule has 2 rings (SSSR count). The second-order valence-electron chi connectivity index (χ2n) is 5.00. The Kier molecular flexibility index (Phi) is 4.43. The van der Waals surface area contributed by atoms with Crippen LogP contribution < -0.4 is 5.32 Å². The molecule has 1 N–H and O–H groups in total. The Bertz CT molecular complexity index is 455. The maximum atomic E-state index is 12.5. The highest BCUT2D eigenvalue weighted by molar-refractivity contribution is 5.95. The molecule has 1 aliphatic rings. The lowest BCUT2D eigenvalue weighted by Crippen LogP contribution is -2.35. The Balaban J connectivity index is 2.14. The average Bonchev–Trinajstić information content (AvgIpc) is 3.23. The first kappa shape index (κ1) is 13.9. The SMILES string of the molecule is CNc1ccc(C(=O)N(CCOC)C2CC2)cc1C. The molecule has 1 aromatic rings. The van der Waals surface area contributed by atoms with Crippen LogP contribution in [0.3, 0.4) is 0 Å². The maximum absolute atomic E-state index is 12.5. The van der Waals surface area contributed by atoms with E-state index in [-0.39, 0.29) is 5.91 Å². The molecular weight excluding hydrogens is 240 g/mol. The smallest absolute Gasteiger partial charge is 0.254 e. The van der Waals surface area contributed by atoms with E-state index < -0.39 is 0 Å². The normalized spacial score (nSPS) is 14.3. The van der Waals surface area contributed by atoms with E-state index in [1.807, 2.05) is 37.1 Å². The van der Waals surface area contributed by atoms with Gasteiger partial charge in [-0.2, -0.15) is 0 Å². The monoisotopic (exact) mass is 262 g/mol. The molecule has 4 nitrogen and oxygen atoms in total. The molecule has 4 heteroatoms. The average molecular weight is 262 g/mol. The van der Waals surface area contributed by atoms with Gasteiger partial charge in [0.05, 0.1) is 6.61 Å². The number of benzene rings is 1. The lowest BCUT2D eigenvalue weighted by atomic mass is 10.1. The van der Waals surface area contributed by atoms with Gasteiger partial charge >= 0.3 is 0 Å². The lowest BCUT2D eigenvalue weighted by molar-refractivity contribution is 0.0680. The maximum Gasteiger partial charge on any atom is 0.254 e. The summed E-state index contributed by atoms with van der Waals surface area (Å²) in [6, 6.07) is 6.22. The van der Waals surface area contributed by atoms with Crippen LogP contribution in [0, 0.1) is 6.92 Å². The standard InChI is InChI=1S/C15H22N2O2/c1-11-10-12(4-7-14(11)16-2)15(18)17(8-9-19-3)13-5-6-13/h4,7,10,13,16H,5-6,8-9H2,1-3H3. The van der Waals surface area contributed by atoms with Crippen molar-refractivity contribution >= 4 is 11.6 Å². The van der Waals surface area contributed by atoms with Crippen molar-refractivity contribution in [3.05, 3.63) is 29.3 Å². The summed E-state index contributed by atoms with van der Waals surface area (Å²) in [5.41, 5.74) is 2.92. The molecule has 1 aromatic carbocycles. The molecule has 1 aliphatic carbocycles. The first-order chi connectivity index (χ1) is 9.17. The number of aryl methyl sites for hydroxylation is 1. The summed E-state index contributed by atoms with van der Waals surface area (Å²) in [5.74, 6) is 0.116. The summed E-state index contributed by atoms with van der Waals surface area (Å²) in [7, 11) is 3.56.